The largest absolute Gasteiger partial charge is 0.371 e. The molecule has 2 heterocycles. The van der Waals surface area contributed by atoms with Gasteiger partial charge in [0.2, 0.25) is 5.91 Å². The maximum atomic E-state index is 12.3. The van der Waals surface area contributed by atoms with Gasteiger partial charge in [0.1, 0.15) is 11.7 Å². The molecule has 7 heteroatoms. The molecule has 0 radical (unpaired) electrons. The molecule has 2 N–H and O–H groups in total. The van der Waals surface area contributed by atoms with E-state index in [2.05, 4.69) is 26.6 Å². The number of thiazole rings is 1. The highest BCUT2D eigenvalue weighted by Crippen LogP contribution is 2.23. The molecule has 2 amide bonds. The van der Waals surface area contributed by atoms with Crippen molar-refractivity contribution in [3.63, 3.8) is 0 Å². The van der Waals surface area contributed by atoms with Crippen LogP contribution in [0, 0.1) is 0 Å². The van der Waals surface area contributed by atoms with Gasteiger partial charge in [-0.3, -0.25) is 9.59 Å². The van der Waals surface area contributed by atoms with E-state index in [-0.39, 0.29) is 11.8 Å². The Kier molecular flexibility index (Phi) is 5.10. The zero-order valence-electron chi connectivity index (χ0n) is 13.5. The van der Waals surface area contributed by atoms with Crippen LogP contribution in [0.1, 0.15) is 30.3 Å². The maximum Gasteiger partial charge on any atom is 0.271 e. The van der Waals surface area contributed by atoms with Gasteiger partial charge < -0.3 is 15.5 Å². The third-order valence-electron chi connectivity index (χ3n) is 3.99. The maximum absolute atomic E-state index is 12.3. The predicted octanol–water partition coefficient (Wildman–Crippen LogP) is 2.50. The SMILES string of the molecule is CC(NC(=O)c1cscn1)C(=O)Nc1cccc(N2CCCC2)c1. The molecule has 1 atom stereocenters. The number of carbonyl (C=O) groups excluding carboxylic acids is 2. The molecule has 1 aromatic carbocycles. The van der Waals surface area contributed by atoms with Gasteiger partial charge in [0.05, 0.1) is 5.51 Å². The normalized spacial score (nSPS) is 15.1. The smallest absolute Gasteiger partial charge is 0.271 e. The first-order valence-corrected chi connectivity index (χ1v) is 8.93. The molecule has 0 saturated carbocycles. The van der Waals surface area contributed by atoms with E-state index in [0.717, 1.165) is 24.5 Å². The van der Waals surface area contributed by atoms with E-state index < -0.39 is 6.04 Å². The molecule has 6 nitrogen and oxygen atoms in total. The molecular formula is C17H20N4O2S. The monoisotopic (exact) mass is 344 g/mol. The summed E-state index contributed by atoms with van der Waals surface area (Å²) in [5, 5.41) is 7.17. The van der Waals surface area contributed by atoms with Gasteiger partial charge in [-0.1, -0.05) is 6.07 Å². The molecule has 0 aliphatic carbocycles. The highest BCUT2D eigenvalue weighted by molar-refractivity contribution is 7.07. The van der Waals surface area contributed by atoms with Gasteiger partial charge in [-0.2, -0.15) is 0 Å². The topological polar surface area (TPSA) is 74.3 Å². The van der Waals surface area contributed by atoms with Crippen LogP contribution in [0.5, 0.6) is 0 Å². The van der Waals surface area contributed by atoms with Gasteiger partial charge >= 0.3 is 0 Å². The van der Waals surface area contributed by atoms with Gasteiger partial charge in [0.25, 0.3) is 5.91 Å². The third kappa shape index (κ3) is 3.91. The van der Waals surface area contributed by atoms with Gasteiger partial charge in [0, 0.05) is 29.8 Å². The Hall–Kier alpha value is -2.41. The summed E-state index contributed by atoms with van der Waals surface area (Å²) >= 11 is 1.34. The summed E-state index contributed by atoms with van der Waals surface area (Å²) in [6, 6.07) is 7.16. The third-order valence-corrected chi connectivity index (χ3v) is 4.58. The van der Waals surface area contributed by atoms with E-state index in [1.54, 1.807) is 17.8 Å². The van der Waals surface area contributed by atoms with Gasteiger partial charge in [-0.05, 0) is 38.0 Å². The summed E-state index contributed by atoms with van der Waals surface area (Å²) in [7, 11) is 0. The van der Waals surface area contributed by atoms with Gasteiger partial charge in [-0.25, -0.2) is 4.98 Å². The lowest BCUT2D eigenvalue weighted by Crippen LogP contribution is -2.41. The van der Waals surface area contributed by atoms with Crippen LogP contribution in [0.3, 0.4) is 0 Å². The Balaban J connectivity index is 1.59. The first-order valence-electron chi connectivity index (χ1n) is 7.98. The summed E-state index contributed by atoms with van der Waals surface area (Å²) < 4.78 is 0. The van der Waals surface area contributed by atoms with Crippen LogP contribution in [0.25, 0.3) is 0 Å². The molecule has 2 aromatic rings. The Labute approximate surface area is 144 Å². The molecule has 3 rings (SSSR count). The summed E-state index contributed by atoms with van der Waals surface area (Å²) in [6.45, 7) is 3.76. The minimum Gasteiger partial charge on any atom is -0.371 e. The van der Waals surface area contributed by atoms with Crippen LogP contribution in [0.15, 0.2) is 35.2 Å². The fourth-order valence-electron chi connectivity index (χ4n) is 2.67. The average molecular weight is 344 g/mol. The molecule has 1 unspecified atom stereocenters. The number of carbonyl (C=O) groups is 2. The second kappa shape index (κ2) is 7.44. The first kappa shape index (κ1) is 16.4. The Morgan fingerprint density at radius 1 is 1.29 bits per heavy atom. The highest BCUT2D eigenvalue weighted by atomic mass is 32.1. The summed E-state index contributed by atoms with van der Waals surface area (Å²) in [5.74, 6) is -0.595. The molecule has 1 aromatic heterocycles. The number of hydrogen-bond donors (Lipinski definition) is 2. The van der Waals surface area contributed by atoms with Crippen molar-refractivity contribution in [3.8, 4) is 0 Å². The van der Waals surface area contributed by atoms with Crippen LogP contribution in [0.2, 0.25) is 0 Å². The number of nitrogens with zero attached hydrogens (tertiary/aromatic N) is 2. The number of rotatable bonds is 5. The number of hydrogen-bond acceptors (Lipinski definition) is 5. The lowest BCUT2D eigenvalue weighted by molar-refractivity contribution is -0.117. The van der Waals surface area contributed by atoms with Crippen molar-refractivity contribution < 1.29 is 9.59 Å². The zero-order valence-corrected chi connectivity index (χ0v) is 14.3. The summed E-state index contributed by atoms with van der Waals surface area (Å²) in [6.07, 6.45) is 2.41. The van der Waals surface area contributed by atoms with Crippen molar-refractivity contribution >= 4 is 34.5 Å². The van der Waals surface area contributed by atoms with Crippen LogP contribution >= 0.6 is 11.3 Å². The molecule has 126 valence electrons. The average Bonchev–Trinajstić information content (AvgIpc) is 3.28. The Morgan fingerprint density at radius 3 is 2.79 bits per heavy atom. The van der Waals surface area contributed by atoms with E-state index in [4.69, 9.17) is 0 Å². The molecule has 1 saturated heterocycles. The number of aromatic nitrogens is 1. The summed E-state index contributed by atoms with van der Waals surface area (Å²) in [4.78, 5) is 30.5. The van der Waals surface area contributed by atoms with Crippen LogP contribution < -0.4 is 15.5 Å². The molecule has 0 spiro atoms. The highest BCUT2D eigenvalue weighted by Gasteiger charge is 2.18. The van der Waals surface area contributed by atoms with E-state index >= 15 is 0 Å². The fourth-order valence-corrected chi connectivity index (χ4v) is 3.20. The second-order valence-electron chi connectivity index (χ2n) is 5.80. The quantitative estimate of drug-likeness (QED) is 0.874. The van der Waals surface area contributed by atoms with E-state index in [0.29, 0.717) is 5.69 Å². The van der Waals surface area contributed by atoms with E-state index in [1.165, 1.54) is 24.2 Å². The van der Waals surface area contributed by atoms with Crippen LogP contribution in [-0.2, 0) is 4.79 Å². The van der Waals surface area contributed by atoms with Crippen molar-refractivity contribution in [2.75, 3.05) is 23.3 Å². The van der Waals surface area contributed by atoms with Gasteiger partial charge in [-0.15, -0.1) is 11.3 Å². The lowest BCUT2D eigenvalue weighted by atomic mass is 10.2. The lowest BCUT2D eigenvalue weighted by Gasteiger charge is -2.19. The van der Waals surface area contributed by atoms with Crippen molar-refractivity contribution in [2.45, 2.75) is 25.8 Å². The predicted molar refractivity (Wildman–Crippen MR) is 95.6 cm³/mol. The number of nitrogens with one attached hydrogen (secondary N) is 2. The number of benzene rings is 1. The molecule has 1 aliphatic heterocycles. The van der Waals surface area contributed by atoms with E-state index in [9.17, 15) is 9.59 Å². The number of anilines is 2. The van der Waals surface area contributed by atoms with Crippen molar-refractivity contribution in [1.82, 2.24) is 10.3 Å². The molecule has 24 heavy (non-hydrogen) atoms. The zero-order chi connectivity index (χ0) is 16.9. The van der Waals surface area contributed by atoms with Crippen molar-refractivity contribution in [1.29, 1.82) is 0 Å². The Morgan fingerprint density at radius 2 is 2.08 bits per heavy atom. The molecule has 1 aliphatic rings. The summed E-state index contributed by atoms with van der Waals surface area (Å²) in [5.41, 5.74) is 3.77. The first-order chi connectivity index (χ1) is 11.6. The molecular weight excluding hydrogens is 324 g/mol. The Bertz CT molecular complexity index is 711. The van der Waals surface area contributed by atoms with Crippen LogP contribution in [-0.4, -0.2) is 35.9 Å². The van der Waals surface area contributed by atoms with Crippen LogP contribution in [0.4, 0.5) is 11.4 Å². The minimum absolute atomic E-state index is 0.253. The standard InChI is InChI=1S/C17H20N4O2S/c1-12(19-17(23)15-10-24-11-18-15)16(22)20-13-5-4-6-14(9-13)21-7-2-3-8-21/h4-6,9-12H,2-3,7-8H2,1H3,(H,19,23)(H,20,22). The molecule has 0 bridgehead atoms. The number of amides is 2. The minimum atomic E-state index is -0.644. The molecule has 1 fully saturated rings. The van der Waals surface area contributed by atoms with Crippen molar-refractivity contribution in [2.24, 2.45) is 0 Å². The van der Waals surface area contributed by atoms with Crippen molar-refractivity contribution in [3.05, 3.63) is 40.8 Å². The second-order valence-corrected chi connectivity index (χ2v) is 6.52. The fraction of sp³-hybridized carbons (Fsp3) is 0.353. The van der Waals surface area contributed by atoms with Gasteiger partial charge in [0.15, 0.2) is 0 Å². The van der Waals surface area contributed by atoms with E-state index in [1.807, 2.05) is 18.2 Å².